The summed E-state index contributed by atoms with van der Waals surface area (Å²) < 4.78 is 123. The quantitative estimate of drug-likeness (QED) is 0.0665. The number of benzene rings is 3. The van der Waals surface area contributed by atoms with Gasteiger partial charge in [-0.2, -0.15) is 0 Å². The first-order chi connectivity index (χ1) is 26.6. The Bertz CT molecular complexity index is 1910. The minimum Gasteiger partial charge on any atom is -0.726 e. The molecular weight excluding hydrogens is 851 g/mol. The summed E-state index contributed by atoms with van der Waals surface area (Å²) in [6.07, 6.45) is -16.0. The van der Waals surface area contributed by atoms with E-state index in [1.165, 1.54) is 13.8 Å². The van der Waals surface area contributed by atoms with Crippen molar-refractivity contribution >= 4 is 26.8 Å². The number of carbonyl (C=O) groups is 1. The summed E-state index contributed by atoms with van der Waals surface area (Å²) in [4.78, 5) is 12.7. The van der Waals surface area contributed by atoms with Crippen LogP contribution in [0.1, 0.15) is 30.5 Å². The van der Waals surface area contributed by atoms with Gasteiger partial charge in [-0.1, -0.05) is 91.0 Å². The van der Waals surface area contributed by atoms with E-state index in [-0.39, 0.29) is 108 Å². The van der Waals surface area contributed by atoms with Crippen LogP contribution in [0, 0.1) is 0 Å². The zero-order valence-electron chi connectivity index (χ0n) is 33.2. The number of hydrogen-bond donors (Lipinski definition) is 1. The smallest absolute Gasteiger partial charge is 0.726 e. The fourth-order valence-electron chi connectivity index (χ4n) is 6.15. The Kier molecular flexibility index (Phi) is 23.9. The van der Waals surface area contributed by atoms with Crippen LogP contribution in [-0.2, 0) is 86.9 Å². The van der Waals surface area contributed by atoms with Crippen molar-refractivity contribution in [2.45, 2.75) is 101 Å². The zero-order valence-corrected chi connectivity index (χ0v) is 40.8. The molecule has 59 heavy (non-hydrogen) atoms. The molecule has 2 aliphatic rings. The molecule has 10 atom stereocenters. The van der Waals surface area contributed by atoms with E-state index in [0.717, 1.165) is 0 Å². The van der Waals surface area contributed by atoms with Gasteiger partial charge in [0.25, 0.3) is 0 Å². The number of carboxylic acid groups (broad SMARTS) is 1. The minimum atomic E-state index is -5.53. The molecule has 0 aromatic heterocycles. The first-order valence-electron chi connectivity index (χ1n) is 17.4. The summed E-state index contributed by atoms with van der Waals surface area (Å²) in [6, 6.07) is 24.7. The van der Waals surface area contributed by atoms with Gasteiger partial charge < -0.3 is 57.9 Å². The number of hydrogen-bond acceptors (Lipinski definition) is 18. The van der Waals surface area contributed by atoms with Gasteiger partial charge in [-0.25, -0.2) is 16.8 Å². The van der Waals surface area contributed by atoms with Gasteiger partial charge in [0, 0.05) is 0 Å². The summed E-state index contributed by atoms with van der Waals surface area (Å²) in [5.41, 5.74) is 8.69. The minimum absolute atomic E-state index is 0. The number of nitrogens with two attached hydrogens (primary N) is 1. The zero-order chi connectivity index (χ0) is 40.5. The van der Waals surface area contributed by atoms with Crippen molar-refractivity contribution in [3.63, 3.8) is 0 Å². The standard InChI is InChI=1S/C36H45NO17S2.3Na/c1-22(2)50-36-33(54-56(43,44)45)30(48-20-25-16-10-5-11-17-25)31(32(53-36)34(38)39)52-35-27(37)29(47-19-24-14-8-4-9-15-24)28(26(51-35)21-49-55(40,41)42)46-18-23-12-6-3-7-13-23;;;/h3-17,22,26-33,35-36H,18-21,37H2,1-2H3,(H,38,39)(H,40,41,42)(H,43,44,45);;;/q;3*+1/p-3/t26-,27-,28-,29-,30+,31+,32-,33-,35-,36-;;;/m1.../s1. The van der Waals surface area contributed by atoms with E-state index >= 15 is 0 Å². The van der Waals surface area contributed by atoms with Crippen LogP contribution >= 0.6 is 0 Å². The number of carboxylic acids is 1. The molecular formula is C36H42NNa3O17S2. The van der Waals surface area contributed by atoms with Crippen molar-refractivity contribution in [2.24, 2.45) is 5.73 Å². The molecule has 2 N–H and O–H groups in total. The Hall–Kier alpha value is -0.450. The second-order valence-corrected chi connectivity index (χ2v) is 15.2. The molecule has 0 radical (unpaired) electrons. The van der Waals surface area contributed by atoms with Crippen LogP contribution in [0.5, 0.6) is 0 Å². The van der Waals surface area contributed by atoms with Gasteiger partial charge >= 0.3 is 88.7 Å². The number of aliphatic carboxylic acids is 1. The predicted octanol–water partition coefficient (Wildman–Crippen LogP) is -8.59. The molecule has 0 spiro atoms. The van der Waals surface area contributed by atoms with E-state index in [2.05, 4.69) is 4.18 Å². The molecule has 2 fully saturated rings. The second-order valence-electron chi connectivity index (χ2n) is 13.1. The van der Waals surface area contributed by atoms with E-state index < -0.39 is 101 Å². The summed E-state index contributed by atoms with van der Waals surface area (Å²) in [7, 11) is -10.8. The molecule has 2 aliphatic heterocycles. The average molecular weight is 894 g/mol. The largest absolute Gasteiger partial charge is 1.00 e. The molecule has 2 heterocycles. The molecule has 3 aromatic rings. The Labute approximate surface area is 409 Å². The number of rotatable bonds is 19. The monoisotopic (exact) mass is 893 g/mol. The number of carbonyl (C=O) groups excluding carboxylic acids is 1. The second kappa shape index (κ2) is 25.7. The van der Waals surface area contributed by atoms with Gasteiger partial charge in [-0.15, -0.1) is 0 Å². The van der Waals surface area contributed by atoms with Gasteiger partial charge in [0.05, 0.1) is 44.5 Å². The van der Waals surface area contributed by atoms with Crippen molar-refractivity contribution in [2.75, 3.05) is 6.61 Å². The van der Waals surface area contributed by atoms with Crippen molar-refractivity contribution in [3.05, 3.63) is 108 Å². The van der Waals surface area contributed by atoms with Crippen LogP contribution < -0.4 is 99.5 Å². The Morgan fingerprint density at radius 1 is 0.661 bits per heavy atom. The first kappa shape index (κ1) is 54.7. The maximum absolute atomic E-state index is 12.7. The van der Waals surface area contributed by atoms with Crippen LogP contribution in [0.4, 0.5) is 0 Å². The average Bonchev–Trinajstić information content (AvgIpc) is 3.14. The van der Waals surface area contributed by atoms with Gasteiger partial charge in [0.1, 0.15) is 36.6 Å². The molecule has 2 saturated heterocycles. The molecule has 0 saturated carbocycles. The van der Waals surface area contributed by atoms with Gasteiger partial charge in [0.2, 0.25) is 20.8 Å². The van der Waals surface area contributed by atoms with Crippen molar-refractivity contribution in [1.82, 2.24) is 0 Å². The molecule has 5 rings (SSSR count). The summed E-state index contributed by atoms with van der Waals surface area (Å²) >= 11 is 0. The third kappa shape index (κ3) is 17.2. The molecule has 3 aromatic carbocycles. The van der Waals surface area contributed by atoms with Crippen molar-refractivity contribution < 1.29 is 166 Å². The van der Waals surface area contributed by atoms with Crippen molar-refractivity contribution in [1.29, 1.82) is 0 Å². The maximum atomic E-state index is 12.7. The van der Waals surface area contributed by atoms with E-state index in [0.29, 0.717) is 16.7 Å². The fraction of sp³-hybridized carbons (Fsp3) is 0.472. The summed E-state index contributed by atoms with van der Waals surface area (Å²) in [5, 5.41) is 12.7. The summed E-state index contributed by atoms with van der Waals surface area (Å²) in [5.74, 6) is -1.87. The van der Waals surface area contributed by atoms with Crippen LogP contribution in [0.15, 0.2) is 91.0 Å². The Balaban J connectivity index is 0.00000400. The van der Waals surface area contributed by atoms with Crippen LogP contribution in [0.2, 0.25) is 0 Å². The third-order valence-corrected chi connectivity index (χ3v) is 9.46. The van der Waals surface area contributed by atoms with Crippen LogP contribution in [0.3, 0.4) is 0 Å². The molecule has 0 aliphatic carbocycles. The molecule has 308 valence electrons. The molecule has 0 bridgehead atoms. The van der Waals surface area contributed by atoms with E-state index in [4.69, 9.17) is 43.1 Å². The van der Waals surface area contributed by atoms with E-state index in [1.807, 2.05) is 0 Å². The summed E-state index contributed by atoms with van der Waals surface area (Å²) in [6.45, 7) is 1.74. The molecule has 18 nitrogen and oxygen atoms in total. The van der Waals surface area contributed by atoms with E-state index in [1.54, 1.807) is 91.0 Å². The first-order valence-corrected chi connectivity index (χ1v) is 20.0. The Morgan fingerprint density at radius 3 is 1.54 bits per heavy atom. The van der Waals surface area contributed by atoms with Crippen LogP contribution in [-0.4, -0.2) is 106 Å². The van der Waals surface area contributed by atoms with Gasteiger partial charge in [0.15, 0.2) is 18.7 Å². The number of ether oxygens (including phenoxy) is 7. The van der Waals surface area contributed by atoms with Crippen molar-refractivity contribution in [3.8, 4) is 0 Å². The van der Waals surface area contributed by atoms with Gasteiger partial charge in [-0.3, -0.25) is 8.37 Å². The maximum Gasteiger partial charge on any atom is 1.00 e. The topological polar surface area (TPSA) is 264 Å². The molecule has 0 amide bonds. The van der Waals surface area contributed by atoms with Crippen LogP contribution in [0.25, 0.3) is 0 Å². The molecule has 0 unspecified atom stereocenters. The fourth-order valence-corrected chi connectivity index (χ4v) is 6.93. The normalized spacial score (nSPS) is 27.2. The van der Waals surface area contributed by atoms with Gasteiger partial charge in [-0.05, 0) is 30.5 Å². The third-order valence-electron chi connectivity index (χ3n) is 8.58. The predicted molar refractivity (Wildman–Crippen MR) is 187 cm³/mol. The molecule has 23 heteroatoms. The van der Waals surface area contributed by atoms with E-state index in [9.17, 15) is 35.8 Å². The Morgan fingerprint density at radius 2 is 1.12 bits per heavy atom. The SMILES string of the molecule is CC(C)O[C@@H]1O[C@@H](C(=O)[O-])[C@@H](O[C@H]2O[C@H](COS(=O)(=O)[O-])[C@@H](OCc3ccccc3)[C@H](OCc3ccccc3)[C@H]2N)[C@H](OCc2ccccc2)[C@H]1OS(=O)(=O)[O-].[Na+].[Na+].[Na+].